The molecule has 3 fully saturated rings. The van der Waals surface area contributed by atoms with Gasteiger partial charge in [0.2, 0.25) is 12.3 Å². The van der Waals surface area contributed by atoms with Crippen LogP contribution in [0.5, 0.6) is 0 Å². The number of aryl methyl sites for hydroxylation is 1. The van der Waals surface area contributed by atoms with Gasteiger partial charge in [-0.15, -0.1) is 0 Å². The highest BCUT2D eigenvalue weighted by Gasteiger charge is 2.50. The Morgan fingerprint density at radius 3 is 2.83 bits per heavy atom. The van der Waals surface area contributed by atoms with Crippen LogP contribution >= 0.6 is 0 Å². The van der Waals surface area contributed by atoms with Gasteiger partial charge in [0.05, 0.1) is 11.0 Å². The van der Waals surface area contributed by atoms with Gasteiger partial charge in [-0.1, -0.05) is 12.1 Å². The van der Waals surface area contributed by atoms with Gasteiger partial charge in [0, 0.05) is 19.8 Å². The van der Waals surface area contributed by atoms with Crippen molar-refractivity contribution in [1.29, 1.82) is 0 Å². The van der Waals surface area contributed by atoms with E-state index in [0.717, 1.165) is 23.5 Å². The van der Waals surface area contributed by atoms with E-state index in [0.29, 0.717) is 5.92 Å². The Hall–Kier alpha value is -1.92. The molecule has 0 radical (unpaired) electrons. The Labute approximate surface area is 135 Å². The van der Waals surface area contributed by atoms with Crippen molar-refractivity contribution in [3.8, 4) is 0 Å². The van der Waals surface area contributed by atoms with E-state index in [-0.39, 0.29) is 12.0 Å². The number of imidazole rings is 1. The summed E-state index contributed by atoms with van der Waals surface area (Å²) in [6.07, 6.45) is 4.13. The number of fused-ring (bicyclic) bond motifs is 3. The van der Waals surface area contributed by atoms with Crippen LogP contribution in [0.3, 0.4) is 0 Å². The van der Waals surface area contributed by atoms with E-state index in [1.54, 1.807) is 0 Å². The second kappa shape index (κ2) is 4.79. The molecule has 2 atom stereocenters. The lowest BCUT2D eigenvalue weighted by molar-refractivity contribution is -0.114. The van der Waals surface area contributed by atoms with Gasteiger partial charge in [-0.05, 0) is 44.0 Å². The van der Waals surface area contributed by atoms with E-state index < -0.39 is 0 Å². The molecule has 2 bridgehead atoms. The van der Waals surface area contributed by atoms with Crippen LogP contribution in [-0.2, 0) is 11.8 Å². The third-order valence-corrected chi connectivity index (χ3v) is 5.55. The van der Waals surface area contributed by atoms with Crippen LogP contribution in [0.15, 0.2) is 29.3 Å². The lowest BCUT2D eigenvalue weighted by Gasteiger charge is -2.49. The number of ether oxygens (including phenoxy) is 1. The summed E-state index contributed by atoms with van der Waals surface area (Å²) >= 11 is 0. The topological polar surface area (TPSA) is 54.7 Å². The monoisotopic (exact) mass is 311 g/mol. The maximum Gasteiger partial charge on any atom is 0.228 e. The van der Waals surface area contributed by atoms with Crippen molar-refractivity contribution in [3.05, 3.63) is 24.3 Å². The second-order valence-electron chi connectivity index (χ2n) is 6.88. The largest absolute Gasteiger partial charge is 0.325 e. The summed E-state index contributed by atoms with van der Waals surface area (Å²) < 4.78 is 8.40. The average molecular weight is 311 g/mol. The predicted molar refractivity (Wildman–Crippen MR) is 89.6 cm³/mol. The molecule has 4 aliphatic heterocycles. The molecular formula is C17H21N5O. The van der Waals surface area contributed by atoms with E-state index in [1.807, 2.05) is 31.5 Å². The molecule has 2 aromatic rings. The number of aromatic nitrogens is 2. The number of anilines is 1. The highest BCUT2D eigenvalue weighted by molar-refractivity contribution is 5.78. The smallest absolute Gasteiger partial charge is 0.228 e. The fourth-order valence-electron chi connectivity index (χ4n) is 4.25. The minimum Gasteiger partial charge on any atom is -0.325 e. The molecule has 23 heavy (non-hydrogen) atoms. The van der Waals surface area contributed by atoms with Crippen LogP contribution in [0, 0.1) is 5.92 Å². The summed E-state index contributed by atoms with van der Waals surface area (Å²) in [6, 6.07) is 8.13. The summed E-state index contributed by atoms with van der Waals surface area (Å²) in [5.74, 6) is 1.40. The molecule has 6 nitrogen and oxygen atoms in total. The third-order valence-electron chi connectivity index (χ3n) is 5.55. The summed E-state index contributed by atoms with van der Waals surface area (Å²) in [4.78, 5) is 11.7. The molecule has 1 aromatic carbocycles. The maximum absolute atomic E-state index is 6.35. The van der Waals surface area contributed by atoms with Crippen molar-refractivity contribution in [2.24, 2.45) is 18.0 Å². The molecule has 0 aliphatic carbocycles. The van der Waals surface area contributed by atoms with Crippen LogP contribution in [0.1, 0.15) is 12.8 Å². The Morgan fingerprint density at radius 1 is 1.26 bits per heavy atom. The third kappa shape index (κ3) is 2.01. The highest BCUT2D eigenvalue weighted by atomic mass is 16.5. The molecular weight excluding hydrogens is 290 g/mol. The molecule has 1 N–H and O–H groups in total. The number of nitrogens with zero attached hydrogens (tertiary/aromatic N) is 4. The second-order valence-corrected chi connectivity index (χ2v) is 6.88. The first-order valence-corrected chi connectivity index (χ1v) is 8.36. The van der Waals surface area contributed by atoms with E-state index >= 15 is 0 Å². The lowest BCUT2D eigenvalue weighted by Crippen LogP contribution is -2.60. The normalized spacial score (nSPS) is 35.4. The fraction of sp³-hybridized carbons (Fsp3) is 0.529. The van der Waals surface area contributed by atoms with E-state index in [9.17, 15) is 0 Å². The summed E-state index contributed by atoms with van der Waals surface area (Å²) in [7, 11) is 2.01. The zero-order valence-corrected chi connectivity index (χ0v) is 13.3. The number of para-hydroxylation sites is 2. The van der Waals surface area contributed by atoms with Crippen molar-refractivity contribution in [2.75, 3.05) is 25.0 Å². The van der Waals surface area contributed by atoms with Crippen molar-refractivity contribution >= 4 is 23.2 Å². The number of nitrogens with one attached hydrogen (secondary N) is 1. The zero-order valence-electron chi connectivity index (χ0n) is 13.3. The standard InChI is InChI=1S/C17H21N5O/c1-21-14-5-3-2-4-13(14)19-15(21)20-16-18-10-17(23-16)11-22-8-6-12(17)7-9-22/h2-5,10,12,16H,6-9,11H2,1H3,(H,19,20). The SMILES string of the molecule is Cn1c(NC2N=CC3(CN4CCC3CC4)O2)nc2ccccc21. The van der Waals surface area contributed by atoms with Crippen LogP contribution in [0.2, 0.25) is 0 Å². The quantitative estimate of drug-likeness (QED) is 0.919. The molecule has 1 aromatic heterocycles. The van der Waals surface area contributed by atoms with Gasteiger partial charge < -0.3 is 19.5 Å². The predicted octanol–water partition coefficient (Wildman–Crippen LogP) is 1.83. The minimum absolute atomic E-state index is 0.196. The van der Waals surface area contributed by atoms with Gasteiger partial charge >= 0.3 is 0 Å². The Balaban J connectivity index is 1.38. The number of rotatable bonds is 2. The molecule has 0 saturated carbocycles. The lowest BCUT2D eigenvalue weighted by atomic mass is 9.76. The summed E-state index contributed by atoms with van der Waals surface area (Å²) in [6.45, 7) is 3.38. The first-order valence-electron chi connectivity index (χ1n) is 8.36. The van der Waals surface area contributed by atoms with Crippen molar-refractivity contribution in [2.45, 2.75) is 24.8 Å². The van der Waals surface area contributed by atoms with Gasteiger partial charge in [-0.3, -0.25) is 0 Å². The van der Waals surface area contributed by atoms with Crippen molar-refractivity contribution in [3.63, 3.8) is 0 Å². The van der Waals surface area contributed by atoms with Crippen molar-refractivity contribution < 1.29 is 4.74 Å². The molecule has 2 unspecified atom stereocenters. The average Bonchev–Trinajstić information content (AvgIpc) is 3.11. The number of aliphatic imine (C=N–C) groups is 1. The number of benzene rings is 1. The molecule has 1 spiro atoms. The summed E-state index contributed by atoms with van der Waals surface area (Å²) in [5, 5.41) is 3.34. The van der Waals surface area contributed by atoms with Crippen LogP contribution in [0.4, 0.5) is 5.95 Å². The molecule has 4 aliphatic rings. The maximum atomic E-state index is 6.35. The van der Waals surface area contributed by atoms with Crippen molar-refractivity contribution in [1.82, 2.24) is 14.5 Å². The Morgan fingerprint density at radius 2 is 2.09 bits per heavy atom. The molecule has 0 amide bonds. The molecule has 3 saturated heterocycles. The number of hydrogen-bond donors (Lipinski definition) is 1. The van der Waals surface area contributed by atoms with Gasteiger partial charge in [0.1, 0.15) is 5.60 Å². The minimum atomic E-state index is -0.342. The Kier molecular flexibility index (Phi) is 2.81. The zero-order chi connectivity index (χ0) is 15.4. The molecule has 120 valence electrons. The number of hydrogen-bond acceptors (Lipinski definition) is 5. The highest BCUT2D eigenvalue weighted by Crippen LogP contribution is 2.40. The molecule has 5 heterocycles. The summed E-state index contributed by atoms with van der Waals surface area (Å²) in [5.41, 5.74) is 1.89. The van der Waals surface area contributed by atoms with Crippen LogP contribution < -0.4 is 5.32 Å². The van der Waals surface area contributed by atoms with Gasteiger partial charge in [0.25, 0.3) is 0 Å². The fourth-order valence-corrected chi connectivity index (χ4v) is 4.25. The first kappa shape index (κ1) is 13.5. The van der Waals surface area contributed by atoms with Crippen LogP contribution in [0.25, 0.3) is 11.0 Å². The van der Waals surface area contributed by atoms with E-state index in [2.05, 4.69) is 30.8 Å². The first-order chi connectivity index (χ1) is 11.2. The molecule has 6 heteroatoms. The Bertz CT molecular complexity index is 776. The van der Waals surface area contributed by atoms with E-state index in [1.165, 1.54) is 25.9 Å². The van der Waals surface area contributed by atoms with E-state index in [4.69, 9.17) is 4.74 Å². The number of piperidine rings is 3. The van der Waals surface area contributed by atoms with Gasteiger partial charge in [-0.25, -0.2) is 9.98 Å². The van der Waals surface area contributed by atoms with Gasteiger partial charge in [-0.2, -0.15) is 0 Å². The van der Waals surface area contributed by atoms with Gasteiger partial charge in [0.15, 0.2) is 0 Å². The van der Waals surface area contributed by atoms with Crippen LogP contribution in [-0.4, -0.2) is 52.3 Å². The molecule has 6 rings (SSSR count).